The molecule has 0 bridgehead atoms. The average Bonchev–Trinajstić information content (AvgIpc) is 2.92. The number of rotatable bonds is 5. The summed E-state index contributed by atoms with van der Waals surface area (Å²) in [5.41, 5.74) is 1.24. The number of halogens is 1. The van der Waals surface area contributed by atoms with E-state index >= 15 is 0 Å². The molecule has 0 aliphatic heterocycles. The molecule has 0 atom stereocenters. The van der Waals surface area contributed by atoms with E-state index in [0.717, 1.165) is 36.1 Å². The summed E-state index contributed by atoms with van der Waals surface area (Å²) >= 11 is 7.01. The average molecular weight is 401 g/mol. The molecule has 0 fully saturated rings. The Balaban J connectivity index is 2.00. The summed E-state index contributed by atoms with van der Waals surface area (Å²) in [6.07, 6.45) is 4.79. The minimum Gasteiger partial charge on any atom is -0.462 e. The number of aromatic nitrogens is 1. The molecule has 1 N–H and O–H groups in total. The third kappa shape index (κ3) is 3.80. The van der Waals surface area contributed by atoms with Crippen molar-refractivity contribution in [1.29, 1.82) is 0 Å². The number of anilines is 1. The number of fused-ring (bicyclic) bond motifs is 1. The Bertz CT molecular complexity index is 892. The van der Waals surface area contributed by atoms with Gasteiger partial charge in [0.25, 0.3) is 10.0 Å². The van der Waals surface area contributed by atoms with Crippen LogP contribution in [0.2, 0.25) is 5.15 Å². The predicted octanol–water partition coefficient (Wildman–Crippen LogP) is 3.65. The number of carbonyl (C=O) groups is 1. The molecule has 0 saturated heterocycles. The molecule has 9 heteroatoms. The standard InChI is InChI=1S/C16H17ClN2O4S2/c1-2-23-16(20)14-11-5-3-4-6-12(11)24-15(14)19-25(21,22)10-7-8-13(17)18-9-10/h7-9,19H,2-6H2,1H3. The van der Waals surface area contributed by atoms with Crippen molar-refractivity contribution in [3.8, 4) is 0 Å². The zero-order chi connectivity index (χ0) is 18.0. The van der Waals surface area contributed by atoms with Gasteiger partial charge in [0.2, 0.25) is 0 Å². The Morgan fingerprint density at radius 1 is 1.36 bits per heavy atom. The number of hydrogen-bond acceptors (Lipinski definition) is 6. The molecule has 25 heavy (non-hydrogen) atoms. The molecule has 1 aliphatic carbocycles. The molecular formula is C16H17ClN2O4S2. The lowest BCUT2D eigenvalue weighted by Gasteiger charge is -2.12. The van der Waals surface area contributed by atoms with Gasteiger partial charge in [-0.15, -0.1) is 11.3 Å². The van der Waals surface area contributed by atoms with E-state index in [-0.39, 0.29) is 16.7 Å². The second-order valence-corrected chi connectivity index (χ2v) is 8.73. The Morgan fingerprint density at radius 2 is 2.12 bits per heavy atom. The summed E-state index contributed by atoms with van der Waals surface area (Å²) in [5, 5.41) is 0.512. The highest BCUT2D eigenvalue weighted by molar-refractivity contribution is 7.93. The second-order valence-electron chi connectivity index (χ2n) is 5.56. The van der Waals surface area contributed by atoms with Gasteiger partial charge < -0.3 is 4.74 Å². The van der Waals surface area contributed by atoms with Crippen molar-refractivity contribution in [3.63, 3.8) is 0 Å². The van der Waals surface area contributed by atoms with Gasteiger partial charge >= 0.3 is 5.97 Å². The lowest BCUT2D eigenvalue weighted by molar-refractivity contribution is 0.0526. The Morgan fingerprint density at radius 3 is 2.80 bits per heavy atom. The Kier molecular flexibility index (Phi) is 5.31. The number of sulfonamides is 1. The van der Waals surface area contributed by atoms with Gasteiger partial charge in [0.1, 0.15) is 15.0 Å². The number of nitrogens with zero attached hydrogens (tertiary/aromatic N) is 1. The van der Waals surface area contributed by atoms with Gasteiger partial charge in [-0.25, -0.2) is 18.2 Å². The molecule has 0 spiro atoms. The third-order valence-corrected chi connectivity index (χ3v) is 6.78. The molecule has 1 aliphatic rings. The molecule has 6 nitrogen and oxygen atoms in total. The fraction of sp³-hybridized carbons (Fsp3) is 0.375. The Hall–Kier alpha value is -1.64. The van der Waals surface area contributed by atoms with Crippen molar-refractivity contribution in [2.24, 2.45) is 0 Å². The van der Waals surface area contributed by atoms with Crippen molar-refractivity contribution in [3.05, 3.63) is 39.5 Å². The van der Waals surface area contributed by atoms with Crippen LogP contribution >= 0.6 is 22.9 Å². The summed E-state index contributed by atoms with van der Waals surface area (Å²) in [5.74, 6) is -0.492. The highest BCUT2D eigenvalue weighted by Gasteiger charge is 2.29. The fourth-order valence-corrected chi connectivity index (χ4v) is 5.40. The number of thiophene rings is 1. The Labute approximate surface area is 155 Å². The van der Waals surface area contributed by atoms with Crippen molar-refractivity contribution in [2.75, 3.05) is 11.3 Å². The topological polar surface area (TPSA) is 85.4 Å². The molecule has 0 unspecified atom stereocenters. The number of esters is 1. The van der Waals surface area contributed by atoms with E-state index < -0.39 is 16.0 Å². The third-order valence-electron chi connectivity index (χ3n) is 3.89. The zero-order valence-corrected chi connectivity index (χ0v) is 15.9. The first-order valence-electron chi connectivity index (χ1n) is 7.88. The van der Waals surface area contributed by atoms with Gasteiger partial charge in [0, 0.05) is 11.1 Å². The number of ether oxygens (including phenoxy) is 1. The van der Waals surface area contributed by atoms with Crippen LogP contribution in [0.3, 0.4) is 0 Å². The lowest BCUT2D eigenvalue weighted by Crippen LogP contribution is -2.16. The molecule has 2 aromatic rings. The van der Waals surface area contributed by atoms with E-state index in [1.807, 2.05) is 0 Å². The molecule has 0 saturated carbocycles. The van der Waals surface area contributed by atoms with E-state index in [0.29, 0.717) is 10.6 Å². The van der Waals surface area contributed by atoms with Crippen LogP contribution in [0, 0.1) is 0 Å². The zero-order valence-electron chi connectivity index (χ0n) is 13.5. The summed E-state index contributed by atoms with van der Waals surface area (Å²) in [4.78, 5) is 17.2. The molecule has 134 valence electrons. The van der Waals surface area contributed by atoms with Gasteiger partial charge in [0.15, 0.2) is 0 Å². The van der Waals surface area contributed by atoms with Crippen LogP contribution in [0.5, 0.6) is 0 Å². The van der Waals surface area contributed by atoms with Crippen LogP contribution in [0.15, 0.2) is 23.2 Å². The first kappa shape index (κ1) is 18.2. The number of carbonyl (C=O) groups excluding carboxylic acids is 1. The molecule has 3 rings (SSSR count). The second kappa shape index (κ2) is 7.31. The fourth-order valence-electron chi connectivity index (χ4n) is 2.76. The van der Waals surface area contributed by atoms with Crippen LogP contribution in [0.25, 0.3) is 0 Å². The quantitative estimate of drug-likeness (QED) is 0.611. The van der Waals surface area contributed by atoms with E-state index in [1.54, 1.807) is 6.92 Å². The summed E-state index contributed by atoms with van der Waals surface area (Å²) in [6, 6.07) is 2.77. The maximum Gasteiger partial charge on any atom is 0.341 e. The first-order valence-corrected chi connectivity index (χ1v) is 10.6. The van der Waals surface area contributed by atoms with E-state index in [2.05, 4.69) is 9.71 Å². The summed E-state index contributed by atoms with van der Waals surface area (Å²) < 4.78 is 32.9. The van der Waals surface area contributed by atoms with Gasteiger partial charge in [-0.05, 0) is 50.3 Å². The van der Waals surface area contributed by atoms with Crippen molar-refractivity contribution in [2.45, 2.75) is 37.5 Å². The van der Waals surface area contributed by atoms with Gasteiger partial charge in [-0.3, -0.25) is 4.72 Å². The smallest absolute Gasteiger partial charge is 0.341 e. The maximum absolute atomic E-state index is 12.6. The van der Waals surface area contributed by atoms with Crippen LogP contribution < -0.4 is 4.72 Å². The molecule has 0 aromatic carbocycles. The number of aryl methyl sites for hydroxylation is 1. The van der Waals surface area contributed by atoms with E-state index in [4.69, 9.17) is 16.3 Å². The van der Waals surface area contributed by atoms with Gasteiger partial charge in [0.05, 0.1) is 12.2 Å². The molecule has 2 heterocycles. The predicted molar refractivity (Wildman–Crippen MR) is 97.0 cm³/mol. The van der Waals surface area contributed by atoms with Crippen molar-refractivity contribution >= 4 is 43.9 Å². The normalized spacial score (nSPS) is 14.0. The highest BCUT2D eigenvalue weighted by Crippen LogP contribution is 2.39. The minimum absolute atomic E-state index is 0.0157. The first-order chi connectivity index (χ1) is 11.9. The summed E-state index contributed by atoms with van der Waals surface area (Å²) in [6.45, 7) is 1.96. The monoisotopic (exact) mass is 400 g/mol. The van der Waals surface area contributed by atoms with Gasteiger partial charge in [-0.2, -0.15) is 0 Å². The molecule has 2 aromatic heterocycles. The van der Waals surface area contributed by atoms with Crippen LogP contribution in [-0.2, 0) is 27.6 Å². The number of hydrogen-bond donors (Lipinski definition) is 1. The van der Waals surface area contributed by atoms with Crippen molar-refractivity contribution < 1.29 is 17.9 Å². The number of pyridine rings is 1. The van der Waals surface area contributed by atoms with E-state index in [1.165, 1.54) is 29.7 Å². The van der Waals surface area contributed by atoms with Crippen LogP contribution in [0.1, 0.15) is 40.6 Å². The van der Waals surface area contributed by atoms with Crippen LogP contribution in [-0.4, -0.2) is 26.0 Å². The van der Waals surface area contributed by atoms with E-state index in [9.17, 15) is 13.2 Å². The molecule has 0 radical (unpaired) electrons. The highest BCUT2D eigenvalue weighted by atomic mass is 35.5. The summed E-state index contributed by atoms with van der Waals surface area (Å²) in [7, 11) is -3.87. The van der Waals surface area contributed by atoms with Crippen LogP contribution in [0.4, 0.5) is 5.00 Å². The number of nitrogens with one attached hydrogen (secondary N) is 1. The minimum atomic E-state index is -3.87. The lowest BCUT2D eigenvalue weighted by atomic mass is 9.95. The molecule has 0 amide bonds. The van der Waals surface area contributed by atoms with Gasteiger partial charge in [-0.1, -0.05) is 11.6 Å². The largest absolute Gasteiger partial charge is 0.462 e. The molecular weight excluding hydrogens is 384 g/mol. The maximum atomic E-state index is 12.6. The SMILES string of the molecule is CCOC(=O)c1c(NS(=O)(=O)c2ccc(Cl)nc2)sc2c1CCCC2. The van der Waals surface area contributed by atoms with Crippen molar-refractivity contribution in [1.82, 2.24) is 4.98 Å².